The Morgan fingerprint density at radius 2 is 1.64 bits per heavy atom. The van der Waals surface area contributed by atoms with E-state index in [9.17, 15) is 4.79 Å². The molecule has 1 unspecified atom stereocenters. The van der Waals surface area contributed by atoms with Gasteiger partial charge in [-0.1, -0.05) is 65.0 Å². The van der Waals surface area contributed by atoms with Gasteiger partial charge in [0.25, 0.3) is 0 Å². The number of ether oxygens (including phenoxy) is 1. The molecular weight excluding hydrogens is 310 g/mol. The van der Waals surface area contributed by atoms with E-state index < -0.39 is 0 Å². The van der Waals surface area contributed by atoms with Crippen LogP contribution in [-0.4, -0.2) is 31.6 Å². The highest BCUT2D eigenvalue weighted by Crippen LogP contribution is 2.33. The van der Waals surface area contributed by atoms with Gasteiger partial charge >= 0.3 is 0 Å². The molecule has 25 heavy (non-hydrogen) atoms. The number of nitrogens with one attached hydrogen (secondary N) is 1. The maximum Gasteiger partial charge on any atom is 0.151 e. The average Bonchev–Trinajstić information content (AvgIpc) is 2.72. The minimum atomic E-state index is -0.151. The number of carbonyl (C=O) groups excluding carboxylic acids is 1. The Morgan fingerprint density at radius 1 is 1.08 bits per heavy atom. The van der Waals surface area contributed by atoms with E-state index in [1.54, 1.807) is 0 Å². The molecule has 1 fully saturated rings. The van der Waals surface area contributed by atoms with Crippen LogP contribution in [0.15, 0.2) is 30.3 Å². The first-order chi connectivity index (χ1) is 12.2. The van der Waals surface area contributed by atoms with E-state index in [1.165, 1.54) is 18.4 Å². The van der Waals surface area contributed by atoms with Gasteiger partial charge in [0.1, 0.15) is 0 Å². The van der Waals surface area contributed by atoms with E-state index in [1.807, 2.05) is 41.7 Å². The summed E-state index contributed by atoms with van der Waals surface area (Å²) in [5, 5.41) is 3.05. The SMILES string of the molecule is CC.CC.CCC(=O)C(COC1CCC(c2ccccc2)CC1)NC. The molecule has 2 rings (SSSR count). The van der Waals surface area contributed by atoms with E-state index in [-0.39, 0.29) is 11.8 Å². The van der Waals surface area contributed by atoms with Gasteiger partial charge in [0.05, 0.1) is 18.8 Å². The van der Waals surface area contributed by atoms with E-state index in [0.29, 0.717) is 25.0 Å². The number of Topliss-reactive ketones (excluding diaryl/α,β-unsaturated/α-hetero) is 1. The number of hydrogen-bond donors (Lipinski definition) is 1. The summed E-state index contributed by atoms with van der Waals surface area (Å²) < 4.78 is 5.96. The zero-order valence-electron chi connectivity index (χ0n) is 17.2. The van der Waals surface area contributed by atoms with Crippen molar-refractivity contribution < 1.29 is 9.53 Å². The molecule has 0 aliphatic heterocycles. The van der Waals surface area contributed by atoms with E-state index >= 15 is 0 Å². The minimum Gasteiger partial charge on any atom is -0.376 e. The van der Waals surface area contributed by atoms with Crippen molar-refractivity contribution in [2.45, 2.75) is 84.8 Å². The van der Waals surface area contributed by atoms with Crippen molar-refractivity contribution in [2.75, 3.05) is 13.7 Å². The van der Waals surface area contributed by atoms with Gasteiger partial charge in [-0.05, 0) is 44.2 Å². The van der Waals surface area contributed by atoms with E-state index in [2.05, 4.69) is 35.6 Å². The van der Waals surface area contributed by atoms with Crippen LogP contribution in [0.4, 0.5) is 0 Å². The summed E-state index contributed by atoms with van der Waals surface area (Å²) in [6.07, 6.45) is 5.43. The molecule has 0 saturated heterocycles. The maximum absolute atomic E-state index is 11.7. The van der Waals surface area contributed by atoms with Crippen molar-refractivity contribution in [3.63, 3.8) is 0 Å². The van der Waals surface area contributed by atoms with Crippen LogP contribution >= 0.6 is 0 Å². The maximum atomic E-state index is 11.7. The van der Waals surface area contributed by atoms with Crippen LogP contribution in [0.1, 0.15) is 78.2 Å². The monoisotopic (exact) mass is 349 g/mol. The summed E-state index contributed by atoms with van der Waals surface area (Å²) in [6.45, 7) is 10.4. The number of hydrogen-bond acceptors (Lipinski definition) is 3. The van der Waals surface area contributed by atoms with Gasteiger partial charge in [0.15, 0.2) is 5.78 Å². The highest BCUT2D eigenvalue weighted by atomic mass is 16.5. The lowest BCUT2D eigenvalue weighted by Crippen LogP contribution is -2.39. The number of benzene rings is 1. The Balaban J connectivity index is 0.00000134. The lowest BCUT2D eigenvalue weighted by atomic mass is 9.83. The lowest BCUT2D eigenvalue weighted by Gasteiger charge is -2.29. The molecule has 1 N–H and O–H groups in total. The molecule has 0 spiro atoms. The fraction of sp³-hybridized carbons (Fsp3) is 0.682. The number of carbonyl (C=O) groups is 1. The Bertz CT molecular complexity index is 425. The molecule has 3 nitrogen and oxygen atoms in total. The Labute approximate surface area is 155 Å². The first kappa shape index (κ1) is 23.8. The summed E-state index contributed by atoms with van der Waals surface area (Å²) in [5.74, 6) is 0.902. The second kappa shape index (κ2) is 15.1. The predicted molar refractivity (Wildman–Crippen MR) is 108 cm³/mol. The summed E-state index contributed by atoms with van der Waals surface area (Å²) >= 11 is 0. The van der Waals surface area contributed by atoms with Crippen LogP contribution in [0.5, 0.6) is 0 Å². The molecule has 1 aliphatic rings. The Morgan fingerprint density at radius 3 is 2.12 bits per heavy atom. The molecule has 144 valence electrons. The number of rotatable bonds is 7. The molecule has 1 saturated carbocycles. The fourth-order valence-corrected chi connectivity index (χ4v) is 3.10. The third kappa shape index (κ3) is 8.64. The largest absolute Gasteiger partial charge is 0.376 e. The van der Waals surface area contributed by atoms with Crippen LogP contribution in [-0.2, 0) is 9.53 Å². The molecule has 1 aromatic carbocycles. The average molecular weight is 350 g/mol. The normalized spacial score (nSPS) is 20.4. The van der Waals surface area contributed by atoms with Crippen LogP contribution in [0.2, 0.25) is 0 Å². The van der Waals surface area contributed by atoms with Gasteiger partial charge in [0.2, 0.25) is 0 Å². The number of likely N-dealkylation sites (N-methyl/N-ethyl adjacent to an activating group) is 1. The van der Waals surface area contributed by atoms with Gasteiger partial charge < -0.3 is 10.1 Å². The third-order valence-electron chi connectivity index (χ3n) is 4.53. The smallest absolute Gasteiger partial charge is 0.151 e. The predicted octanol–water partition coefficient (Wildman–Crippen LogP) is 5.35. The molecule has 1 aromatic rings. The van der Waals surface area contributed by atoms with Gasteiger partial charge in [-0.25, -0.2) is 0 Å². The zero-order valence-corrected chi connectivity index (χ0v) is 17.2. The van der Waals surface area contributed by atoms with Crippen molar-refractivity contribution in [2.24, 2.45) is 0 Å². The molecular formula is C22H39NO2. The highest BCUT2D eigenvalue weighted by Gasteiger charge is 2.24. The van der Waals surface area contributed by atoms with Crippen molar-refractivity contribution >= 4 is 5.78 Å². The number of ketones is 1. The van der Waals surface area contributed by atoms with Crippen LogP contribution in [0.25, 0.3) is 0 Å². The van der Waals surface area contributed by atoms with Crippen LogP contribution in [0.3, 0.4) is 0 Å². The van der Waals surface area contributed by atoms with Gasteiger partial charge in [-0.2, -0.15) is 0 Å². The first-order valence-corrected chi connectivity index (χ1v) is 10.1. The van der Waals surface area contributed by atoms with Crippen molar-refractivity contribution in [1.82, 2.24) is 5.32 Å². The highest BCUT2D eigenvalue weighted by molar-refractivity contribution is 5.83. The Hall–Kier alpha value is -1.19. The molecule has 0 radical (unpaired) electrons. The summed E-state index contributed by atoms with van der Waals surface area (Å²) in [6, 6.07) is 10.6. The molecule has 3 heteroatoms. The molecule has 0 aromatic heterocycles. The van der Waals surface area contributed by atoms with Gasteiger partial charge in [-0.15, -0.1) is 0 Å². The summed E-state index contributed by atoms with van der Waals surface area (Å²) in [4.78, 5) is 11.7. The second-order valence-electron chi connectivity index (χ2n) is 5.88. The lowest BCUT2D eigenvalue weighted by molar-refractivity contribution is -0.123. The quantitative estimate of drug-likeness (QED) is 0.721. The molecule has 0 bridgehead atoms. The van der Waals surface area contributed by atoms with E-state index in [4.69, 9.17) is 4.74 Å². The summed E-state index contributed by atoms with van der Waals surface area (Å²) in [5.41, 5.74) is 1.45. The van der Waals surface area contributed by atoms with E-state index in [0.717, 1.165) is 12.8 Å². The second-order valence-corrected chi connectivity index (χ2v) is 5.88. The van der Waals surface area contributed by atoms with Gasteiger partial charge in [-0.3, -0.25) is 4.79 Å². The standard InChI is InChI=1S/C18H27NO2.2C2H6/c1-3-18(20)17(19-2)13-21-16-11-9-15(10-12-16)14-7-5-4-6-8-14;2*1-2/h4-8,15-17,19H,3,9-13H2,1-2H3;2*1-2H3. The van der Waals surface area contributed by atoms with Crippen molar-refractivity contribution in [3.05, 3.63) is 35.9 Å². The third-order valence-corrected chi connectivity index (χ3v) is 4.53. The molecule has 1 atom stereocenters. The fourth-order valence-electron chi connectivity index (χ4n) is 3.10. The topological polar surface area (TPSA) is 38.3 Å². The summed E-state index contributed by atoms with van der Waals surface area (Å²) in [7, 11) is 1.83. The van der Waals surface area contributed by atoms with Crippen molar-refractivity contribution in [3.8, 4) is 0 Å². The van der Waals surface area contributed by atoms with Crippen molar-refractivity contribution in [1.29, 1.82) is 0 Å². The molecule has 0 heterocycles. The van der Waals surface area contributed by atoms with Gasteiger partial charge in [0, 0.05) is 6.42 Å². The molecule has 1 aliphatic carbocycles. The minimum absolute atomic E-state index is 0.151. The first-order valence-electron chi connectivity index (χ1n) is 10.1. The van der Waals surface area contributed by atoms with Crippen LogP contribution in [0, 0.1) is 0 Å². The zero-order chi connectivity index (χ0) is 19.1. The molecule has 0 amide bonds. The Kier molecular flexibility index (Phi) is 14.4. The van der Waals surface area contributed by atoms with Crippen LogP contribution < -0.4 is 5.32 Å².